The number of aromatic nitrogens is 4. The Morgan fingerprint density at radius 1 is 0.968 bits per heavy atom. The molecule has 0 N–H and O–H groups in total. The zero-order chi connectivity index (χ0) is 21.4. The van der Waals surface area contributed by atoms with Crippen LogP contribution in [0.25, 0.3) is 39.4 Å². The van der Waals surface area contributed by atoms with E-state index in [0.29, 0.717) is 28.0 Å². The average molecular weight is 473 g/mol. The SMILES string of the molecule is CCc1ccc(-c2noc(-c3nn(-c4cccc(Br)c4)c(=O)c4ccccc34)n2)cc1. The van der Waals surface area contributed by atoms with E-state index in [9.17, 15) is 4.79 Å². The van der Waals surface area contributed by atoms with Crippen molar-refractivity contribution < 1.29 is 4.52 Å². The molecule has 3 aromatic carbocycles. The summed E-state index contributed by atoms with van der Waals surface area (Å²) >= 11 is 3.45. The molecule has 0 atom stereocenters. The van der Waals surface area contributed by atoms with Crippen molar-refractivity contribution in [2.45, 2.75) is 13.3 Å². The van der Waals surface area contributed by atoms with Crippen LogP contribution in [0, 0.1) is 0 Å². The molecule has 0 aliphatic heterocycles. The quantitative estimate of drug-likeness (QED) is 0.348. The van der Waals surface area contributed by atoms with E-state index in [1.54, 1.807) is 6.07 Å². The highest BCUT2D eigenvalue weighted by molar-refractivity contribution is 9.10. The molecule has 5 aromatic rings. The van der Waals surface area contributed by atoms with Gasteiger partial charge < -0.3 is 4.52 Å². The van der Waals surface area contributed by atoms with E-state index < -0.39 is 0 Å². The van der Waals surface area contributed by atoms with Crippen LogP contribution in [-0.2, 0) is 6.42 Å². The van der Waals surface area contributed by atoms with E-state index in [0.717, 1.165) is 16.5 Å². The number of rotatable bonds is 4. The van der Waals surface area contributed by atoms with Crippen LogP contribution in [0.1, 0.15) is 12.5 Å². The summed E-state index contributed by atoms with van der Waals surface area (Å²) in [5.74, 6) is 0.734. The average Bonchev–Trinajstić information content (AvgIpc) is 3.30. The van der Waals surface area contributed by atoms with Crippen molar-refractivity contribution in [3.05, 3.63) is 93.2 Å². The van der Waals surface area contributed by atoms with E-state index in [-0.39, 0.29) is 11.4 Å². The summed E-state index contributed by atoms with van der Waals surface area (Å²) in [6.07, 6.45) is 0.963. The standard InChI is InChI=1S/C24H17BrN4O2/c1-2-15-10-12-16(13-11-15)22-26-23(31-28-22)21-19-8-3-4-9-20(19)24(30)29(27-21)18-7-5-6-17(25)14-18/h3-14H,2H2,1H3. The number of benzene rings is 3. The molecule has 0 aliphatic carbocycles. The van der Waals surface area contributed by atoms with Crippen LogP contribution < -0.4 is 5.56 Å². The van der Waals surface area contributed by atoms with Gasteiger partial charge in [-0.3, -0.25) is 4.79 Å². The first kappa shape index (κ1) is 19.4. The van der Waals surface area contributed by atoms with Crippen molar-refractivity contribution in [2.24, 2.45) is 0 Å². The molecule has 0 unspecified atom stereocenters. The fourth-order valence-electron chi connectivity index (χ4n) is 3.46. The van der Waals surface area contributed by atoms with Gasteiger partial charge in [-0.2, -0.15) is 14.8 Å². The molecule has 0 radical (unpaired) electrons. The highest BCUT2D eigenvalue weighted by Crippen LogP contribution is 2.27. The second kappa shape index (κ2) is 7.92. The van der Waals surface area contributed by atoms with Crippen LogP contribution >= 0.6 is 15.9 Å². The maximum absolute atomic E-state index is 13.1. The van der Waals surface area contributed by atoms with E-state index >= 15 is 0 Å². The first-order valence-corrected chi connectivity index (χ1v) is 10.6. The van der Waals surface area contributed by atoms with E-state index in [1.165, 1.54) is 10.2 Å². The largest absolute Gasteiger partial charge is 0.332 e. The van der Waals surface area contributed by atoms with Gasteiger partial charge in [-0.1, -0.05) is 76.5 Å². The van der Waals surface area contributed by atoms with Crippen LogP contribution in [0.5, 0.6) is 0 Å². The van der Waals surface area contributed by atoms with Gasteiger partial charge in [0.05, 0.1) is 11.1 Å². The van der Waals surface area contributed by atoms with E-state index in [1.807, 2.05) is 66.7 Å². The fraction of sp³-hybridized carbons (Fsp3) is 0.0833. The maximum Gasteiger partial charge on any atom is 0.279 e. The minimum absolute atomic E-state index is 0.215. The Kier molecular flexibility index (Phi) is 4.95. The number of halogens is 1. The van der Waals surface area contributed by atoms with Crippen LogP contribution in [-0.4, -0.2) is 19.9 Å². The van der Waals surface area contributed by atoms with Gasteiger partial charge >= 0.3 is 0 Å². The lowest BCUT2D eigenvalue weighted by molar-refractivity contribution is 0.430. The third kappa shape index (κ3) is 3.57. The molecule has 0 spiro atoms. The monoisotopic (exact) mass is 472 g/mol. The van der Waals surface area contributed by atoms with Crippen molar-refractivity contribution in [1.29, 1.82) is 0 Å². The van der Waals surface area contributed by atoms with Gasteiger partial charge in [0.2, 0.25) is 5.82 Å². The summed E-state index contributed by atoms with van der Waals surface area (Å²) in [5, 5.41) is 9.94. The molecular formula is C24H17BrN4O2. The molecule has 0 fully saturated rings. The number of fused-ring (bicyclic) bond motifs is 1. The Labute approximate surface area is 186 Å². The second-order valence-electron chi connectivity index (χ2n) is 7.06. The van der Waals surface area contributed by atoms with Crippen LogP contribution in [0.4, 0.5) is 0 Å². The maximum atomic E-state index is 13.1. The summed E-state index contributed by atoms with van der Waals surface area (Å²) in [4.78, 5) is 17.7. The lowest BCUT2D eigenvalue weighted by Crippen LogP contribution is -2.22. The minimum Gasteiger partial charge on any atom is -0.332 e. The summed E-state index contributed by atoms with van der Waals surface area (Å²) in [5.41, 5.74) is 2.98. The van der Waals surface area contributed by atoms with Crippen LogP contribution in [0.15, 0.2) is 86.6 Å². The van der Waals surface area contributed by atoms with Gasteiger partial charge in [0.1, 0.15) is 0 Å². The Bertz CT molecular complexity index is 1450. The van der Waals surface area contributed by atoms with Gasteiger partial charge in [0.25, 0.3) is 11.4 Å². The Balaban J connectivity index is 1.69. The molecule has 0 saturated heterocycles. The Morgan fingerprint density at radius 3 is 2.48 bits per heavy atom. The molecule has 2 aromatic heterocycles. The lowest BCUT2D eigenvalue weighted by atomic mass is 10.1. The molecule has 6 nitrogen and oxygen atoms in total. The third-order valence-corrected chi connectivity index (χ3v) is 5.60. The van der Waals surface area contributed by atoms with Gasteiger partial charge in [-0.15, -0.1) is 0 Å². The highest BCUT2D eigenvalue weighted by Gasteiger charge is 2.19. The van der Waals surface area contributed by atoms with Crippen molar-refractivity contribution in [2.75, 3.05) is 0 Å². The fourth-order valence-corrected chi connectivity index (χ4v) is 3.84. The van der Waals surface area contributed by atoms with Crippen molar-refractivity contribution in [3.63, 3.8) is 0 Å². The molecule has 152 valence electrons. The smallest absolute Gasteiger partial charge is 0.279 e. The summed E-state index contributed by atoms with van der Waals surface area (Å²) in [6.45, 7) is 2.11. The molecule has 0 bridgehead atoms. The minimum atomic E-state index is -0.215. The van der Waals surface area contributed by atoms with Crippen molar-refractivity contribution in [3.8, 4) is 28.7 Å². The van der Waals surface area contributed by atoms with E-state index in [2.05, 4.69) is 38.1 Å². The van der Waals surface area contributed by atoms with Gasteiger partial charge in [-0.05, 0) is 36.2 Å². The van der Waals surface area contributed by atoms with E-state index in [4.69, 9.17) is 4.52 Å². The zero-order valence-electron chi connectivity index (χ0n) is 16.6. The van der Waals surface area contributed by atoms with Crippen molar-refractivity contribution in [1.82, 2.24) is 19.9 Å². The predicted molar refractivity (Wildman–Crippen MR) is 123 cm³/mol. The lowest BCUT2D eigenvalue weighted by Gasteiger charge is -2.09. The topological polar surface area (TPSA) is 73.8 Å². The number of aryl methyl sites for hydroxylation is 1. The molecule has 2 heterocycles. The normalized spacial score (nSPS) is 11.2. The van der Waals surface area contributed by atoms with Gasteiger partial charge in [0, 0.05) is 15.4 Å². The second-order valence-corrected chi connectivity index (χ2v) is 7.98. The summed E-state index contributed by atoms with van der Waals surface area (Å²) < 4.78 is 7.79. The molecule has 31 heavy (non-hydrogen) atoms. The van der Waals surface area contributed by atoms with Gasteiger partial charge in [-0.25, -0.2) is 0 Å². The first-order valence-electron chi connectivity index (χ1n) is 9.85. The number of hydrogen-bond donors (Lipinski definition) is 0. The molecular weight excluding hydrogens is 456 g/mol. The molecule has 7 heteroatoms. The predicted octanol–water partition coefficient (Wildman–Crippen LogP) is 5.43. The molecule has 5 rings (SSSR count). The Morgan fingerprint density at radius 2 is 1.74 bits per heavy atom. The third-order valence-electron chi connectivity index (χ3n) is 5.11. The molecule has 0 amide bonds. The van der Waals surface area contributed by atoms with Crippen LogP contribution in [0.2, 0.25) is 0 Å². The van der Waals surface area contributed by atoms with Crippen LogP contribution in [0.3, 0.4) is 0 Å². The number of nitrogens with zero attached hydrogens (tertiary/aromatic N) is 4. The summed E-state index contributed by atoms with van der Waals surface area (Å²) in [7, 11) is 0. The first-order chi connectivity index (χ1) is 15.1. The zero-order valence-corrected chi connectivity index (χ0v) is 18.2. The Hall–Kier alpha value is -3.58. The molecule has 0 aliphatic rings. The molecule has 0 saturated carbocycles. The van der Waals surface area contributed by atoms with Gasteiger partial charge in [0.15, 0.2) is 5.69 Å². The highest BCUT2D eigenvalue weighted by atomic mass is 79.9. The number of hydrogen-bond acceptors (Lipinski definition) is 5. The summed E-state index contributed by atoms with van der Waals surface area (Å²) in [6, 6.07) is 22.7. The van der Waals surface area contributed by atoms with Crippen molar-refractivity contribution >= 4 is 26.7 Å².